The molecule has 1 aromatic carbocycles. The average molecular weight is 584 g/mol. The smallest absolute Gasteiger partial charge is 0.493 e. The number of nitrogens with zero attached hydrogens (tertiary/aromatic N) is 6. The number of imidazole rings is 1. The predicted octanol–water partition coefficient (Wildman–Crippen LogP) is 5.01. The number of rotatable bonds is 5. The number of benzene rings is 1. The summed E-state index contributed by atoms with van der Waals surface area (Å²) in [6.45, 7) is 0.477. The Balaban J connectivity index is 1.54. The summed E-state index contributed by atoms with van der Waals surface area (Å²) in [6, 6.07) is 8.28. The van der Waals surface area contributed by atoms with E-state index in [1.54, 1.807) is 52.3 Å². The van der Waals surface area contributed by atoms with E-state index in [4.69, 9.17) is 32.8 Å². The van der Waals surface area contributed by atoms with Crippen molar-refractivity contribution in [2.45, 2.75) is 37.5 Å². The fraction of sp³-hybridized carbons (Fsp3) is 0.333. The van der Waals surface area contributed by atoms with Gasteiger partial charge in [-0.25, -0.2) is 19.8 Å². The van der Waals surface area contributed by atoms with Crippen LogP contribution in [0.2, 0.25) is 10.3 Å². The number of aromatic nitrogens is 3. The summed E-state index contributed by atoms with van der Waals surface area (Å²) in [5, 5.41) is 3.17. The summed E-state index contributed by atoms with van der Waals surface area (Å²) in [5.41, 5.74) is 4.71. The lowest BCUT2D eigenvalue weighted by Gasteiger charge is -2.32. The van der Waals surface area contributed by atoms with Gasteiger partial charge in [-0.3, -0.25) is 5.43 Å². The van der Waals surface area contributed by atoms with Crippen LogP contribution in [0.5, 0.6) is 5.75 Å². The Bertz CT molecular complexity index is 1380. The lowest BCUT2D eigenvalue weighted by molar-refractivity contribution is -0.234. The van der Waals surface area contributed by atoms with E-state index in [2.05, 4.69) is 20.4 Å². The summed E-state index contributed by atoms with van der Waals surface area (Å²) in [5.74, 6) is -2.42. The van der Waals surface area contributed by atoms with Crippen molar-refractivity contribution in [1.82, 2.24) is 30.0 Å². The van der Waals surface area contributed by atoms with E-state index in [1.165, 1.54) is 13.4 Å². The SMILES string of the molecule is COc1cc(N=C2NN3CCCCC(c4ccc(Cl)nc4)C3N2OC(=O)C(F)(F)F)ccc1-n1cnc(Cl)c1. The summed E-state index contributed by atoms with van der Waals surface area (Å²) in [7, 11) is 1.47. The maximum Gasteiger partial charge on any atom is 0.493 e. The van der Waals surface area contributed by atoms with Crippen LogP contribution in [-0.4, -0.2) is 62.5 Å². The molecule has 39 heavy (non-hydrogen) atoms. The molecule has 3 aromatic rings. The minimum Gasteiger partial charge on any atom is -0.494 e. The molecule has 10 nitrogen and oxygen atoms in total. The highest BCUT2D eigenvalue weighted by Crippen LogP contribution is 2.37. The van der Waals surface area contributed by atoms with Crippen molar-refractivity contribution < 1.29 is 27.5 Å². The highest BCUT2D eigenvalue weighted by atomic mass is 35.5. The first-order valence-corrected chi connectivity index (χ1v) is 12.6. The van der Waals surface area contributed by atoms with Gasteiger partial charge < -0.3 is 14.1 Å². The van der Waals surface area contributed by atoms with Gasteiger partial charge in [-0.2, -0.15) is 23.2 Å². The Kier molecular flexibility index (Phi) is 7.56. The number of methoxy groups -OCH3 is 1. The number of aliphatic imine (C=N–C) groups is 1. The van der Waals surface area contributed by atoms with Crippen molar-refractivity contribution in [3.05, 3.63) is 64.9 Å². The fourth-order valence-corrected chi connectivity index (χ4v) is 4.88. The molecular weight excluding hydrogens is 562 g/mol. The van der Waals surface area contributed by atoms with Crippen molar-refractivity contribution in [3.8, 4) is 11.4 Å². The largest absolute Gasteiger partial charge is 0.494 e. The Morgan fingerprint density at radius 1 is 1.15 bits per heavy atom. The zero-order valence-corrected chi connectivity index (χ0v) is 21.9. The number of hydrogen-bond donors (Lipinski definition) is 1. The average Bonchev–Trinajstić information content (AvgIpc) is 3.40. The molecule has 0 bridgehead atoms. The second kappa shape index (κ2) is 10.9. The molecule has 2 fully saturated rings. The second-order valence-corrected chi connectivity index (χ2v) is 9.61. The summed E-state index contributed by atoms with van der Waals surface area (Å²) < 4.78 is 47.0. The molecule has 5 rings (SSSR count). The van der Waals surface area contributed by atoms with Gasteiger partial charge in [0.25, 0.3) is 0 Å². The molecule has 206 valence electrons. The number of alkyl halides is 3. The predicted molar refractivity (Wildman–Crippen MR) is 136 cm³/mol. The molecule has 0 spiro atoms. The number of halogens is 5. The summed E-state index contributed by atoms with van der Waals surface area (Å²) in [4.78, 5) is 29.6. The van der Waals surface area contributed by atoms with Crippen LogP contribution in [0.3, 0.4) is 0 Å². The third-order valence-corrected chi connectivity index (χ3v) is 6.77. The number of hydroxylamine groups is 2. The van der Waals surface area contributed by atoms with Crippen molar-refractivity contribution in [2.75, 3.05) is 13.7 Å². The molecule has 2 saturated heterocycles. The zero-order chi connectivity index (χ0) is 27.7. The lowest BCUT2D eigenvalue weighted by atomic mass is 9.93. The fourth-order valence-electron chi connectivity index (χ4n) is 4.62. The number of hydrazine groups is 1. The van der Waals surface area contributed by atoms with Crippen LogP contribution in [-0.2, 0) is 9.63 Å². The molecule has 2 aliphatic rings. The van der Waals surface area contributed by atoms with Crippen LogP contribution in [0.15, 0.2) is 54.0 Å². The van der Waals surface area contributed by atoms with Crippen LogP contribution in [0, 0.1) is 0 Å². The topological polar surface area (TPSA) is 97.1 Å². The van der Waals surface area contributed by atoms with Gasteiger partial charge in [-0.15, -0.1) is 0 Å². The molecule has 0 aliphatic carbocycles. The number of fused-ring (bicyclic) bond motifs is 1. The van der Waals surface area contributed by atoms with E-state index < -0.39 is 18.3 Å². The van der Waals surface area contributed by atoms with Crippen molar-refractivity contribution in [3.63, 3.8) is 0 Å². The van der Waals surface area contributed by atoms with E-state index in [0.717, 1.165) is 23.5 Å². The Morgan fingerprint density at radius 3 is 2.64 bits per heavy atom. The molecule has 4 heterocycles. The van der Waals surface area contributed by atoms with Crippen molar-refractivity contribution in [1.29, 1.82) is 0 Å². The summed E-state index contributed by atoms with van der Waals surface area (Å²) in [6.07, 6.45) is 0.797. The number of nitrogens with one attached hydrogen (secondary N) is 1. The van der Waals surface area contributed by atoms with Gasteiger partial charge >= 0.3 is 12.1 Å². The minimum absolute atomic E-state index is 0.0908. The van der Waals surface area contributed by atoms with Gasteiger partial charge in [0.1, 0.15) is 28.5 Å². The Hall–Kier alpha value is -3.55. The van der Waals surface area contributed by atoms with Crippen molar-refractivity contribution in [2.24, 2.45) is 4.99 Å². The van der Waals surface area contributed by atoms with Crippen LogP contribution in [0.4, 0.5) is 18.9 Å². The number of ether oxygens (including phenoxy) is 1. The molecule has 2 unspecified atom stereocenters. The normalized spacial score (nSPS) is 20.9. The first-order chi connectivity index (χ1) is 18.6. The number of pyridine rings is 1. The van der Waals surface area contributed by atoms with Gasteiger partial charge in [-0.1, -0.05) is 35.7 Å². The standard InChI is InChI=1S/C24H22Cl2F3N7O3/c1-38-18-10-15(6-7-17(18)34-12-20(26)31-13-34)32-23-33-35-9-3-2-4-16(14-5-8-19(25)30-11-14)21(35)36(23)39-22(37)24(27,28)29/h5-8,10-13,16,21H,2-4,9H2,1H3,(H,32,33). The van der Waals surface area contributed by atoms with E-state index in [0.29, 0.717) is 30.1 Å². The van der Waals surface area contributed by atoms with Crippen LogP contribution in [0.25, 0.3) is 5.69 Å². The molecule has 0 amide bonds. The van der Waals surface area contributed by atoms with Gasteiger partial charge in [-0.05, 0) is 36.6 Å². The first kappa shape index (κ1) is 27.0. The van der Waals surface area contributed by atoms with Crippen LogP contribution in [0.1, 0.15) is 30.7 Å². The summed E-state index contributed by atoms with van der Waals surface area (Å²) >= 11 is 11.9. The molecule has 2 atom stereocenters. The lowest BCUT2D eigenvalue weighted by Crippen LogP contribution is -2.46. The van der Waals surface area contributed by atoms with Crippen LogP contribution >= 0.6 is 23.2 Å². The second-order valence-electron chi connectivity index (χ2n) is 8.83. The Morgan fingerprint density at radius 2 is 1.97 bits per heavy atom. The molecule has 1 N–H and O–H groups in total. The number of hydrogen-bond acceptors (Lipinski definition) is 7. The third-order valence-electron chi connectivity index (χ3n) is 6.35. The van der Waals surface area contributed by atoms with Gasteiger partial charge in [0.15, 0.2) is 0 Å². The van der Waals surface area contributed by atoms with Gasteiger partial charge in [0, 0.05) is 30.9 Å². The third kappa shape index (κ3) is 5.75. The van der Waals surface area contributed by atoms with E-state index in [-0.39, 0.29) is 22.2 Å². The quantitative estimate of drug-likeness (QED) is 0.419. The van der Waals surface area contributed by atoms with Gasteiger partial charge in [0.05, 0.1) is 18.5 Å². The molecule has 2 aliphatic heterocycles. The molecule has 0 radical (unpaired) electrons. The van der Waals surface area contributed by atoms with Gasteiger partial charge in [0.2, 0.25) is 5.96 Å². The van der Waals surface area contributed by atoms with Crippen molar-refractivity contribution >= 4 is 40.8 Å². The van der Waals surface area contributed by atoms with E-state index in [1.807, 2.05) is 0 Å². The number of carbonyl (C=O) groups is 1. The van der Waals surface area contributed by atoms with Crippen LogP contribution < -0.4 is 10.2 Å². The zero-order valence-electron chi connectivity index (χ0n) is 20.4. The van der Waals surface area contributed by atoms with E-state index in [9.17, 15) is 18.0 Å². The maximum absolute atomic E-state index is 13.3. The minimum atomic E-state index is -5.21. The number of guanidine groups is 1. The molecule has 2 aromatic heterocycles. The monoisotopic (exact) mass is 583 g/mol. The van der Waals surface area contributed by atoms with E-state index >= 15 is 0 Å². The molecular formula is C24H22Cl2F3N7O3. The first-order valence-electron chi connectivity index (χ1n) is 11.8. The highest BCUT2D eigenvalue weighted by molar-refractivity contribution is 6.29. The molecule has 0 saturated carbocycles. The Labute approximate surface area is 230 Å². The highest BCUT2D eigenvalue weighted by Gasteiger charge is 2.50. The maximum atomic E-state index is 13.3. The number of carbonyl (C=O) groups excluding carboxylic acids is 1. The molecule has 15 heteroatoms.